The summed E-state index contributed by atoms with van der Waals surface area (Å²) in [5.41, 5.74) is 2.16. The summed E-state index contributed by atoms with van der Waals surface area (Å²) in [4.78, 5) is 28.3. The summed E-state index contributed by atoms with van der Waals surface area (Å²) in [5.74, 6) is 1.30. The summed E-state index contributed by atoms with van der Waals surface area (Å²) in [6.45, 7) is 1.70. The minimum absolute atomic E-state index is 0.0681. The van der Waals surface area contributed by atoms with E-state index in [1.165, 1.54) is 0 Å². The van der Waals surface area contributed by atoms with E-state index in [0.717, 1.165) is 51.4 Å². The smallest absolute Gasteiger partial charge is 0.320 e. The topological polar surface area (TPSA) is 85.3 Å². The molecule has 1 N–H and O–H groups in total. The van der Waals surface area contributed by atoms with Gasteiger partial charge in [-0.05, 0) is 91.7 Å². The fraction of sp³-hybridized carbons (Fsp3) is 0.290. The molecule has 1 saturated heterocycles. The van der Waals surface area contributed by atoms with Gasteiger partial charge in [-0.2, -0.15) is 0 Å². The number of carbonyl (C=O) groups excluding carboxylic acids is 1. The van der Waals surface area contributed by atoms with Gasteiger partial charge in [-0.25, -0.2) is 0 Å². The molecule has 7 nitrogen and oxygen atoms in total. The van der Waals surface area contributed by atoms with Crippen molar-refractivity contribution in [1.29, 1.82) is 0 Å². The number of rotatable bonds is 10. The first-order valence-electron chi connectivity index (χ1n) is 13.0. The number of piperidine rings is 1. The summed E-state index contributed by atoms with van der Waals surface area (Å²) >= 11 is 1.56. The van der Waals surface area contributed by atoms with Gasteiger partial charge in [0.25, 0.3) is 0 Å². The fourth-order valence-electron chi connectivity index (χ4n) is 5.04. The van der Waals surface area contributed by atoms with Crippen LogP contribution in [0.15, 0.2) is 66.7 Å². The molecule has 4 aromatic rings. The monoisotopic (exact) mass is 545 g/mol. The lowest BCUT2D eigenvalue weighted by atomic mass is 9.97. The first kappa shape index (κ1) is 26.7. The molecule has 3 aromatic carbocycles. The van der Waals surface area contributed by atoms with Gasteiger partial charge in [0, 0.05) is 32.6 Å². The molecule has 0 radical (unpaired) electrons. The molecule has 5 rings (SSSR count). The molecule has 1 unspecified atom stereocenters. The van der Waals surface area contributed by atoms with Crippen LogP contribution < -0.4 is 14.2 Å². The highest BCUT2D eigenvalue weighted by Gasteiger charge is 2.28. The van der Waals surface area contributed by atoms with Crippen LogP contribution in [0.3, 0.4) is 0 Å². The second-order valence-corrected chi connectivity index (χ2v) is 10.5. The molecule has 2 heterocycles. The first-order chi connectivity index (χ1) is 19.0. The Morgan fingerprint density at radius 1 is 0.923 bits per heavy atom. The number of aliphatic carboxylic acids is 1. The van der Waals surface area contributed by atoms with E-state index in [4.69, 9.17) is 14.2 Å². The number of ketones is 1. The minimum Gasteiger partial charge on any atom is -0.497 e. The van der Waals surface area contributed by atoms with Crippen molar-refractivity contribution >= 4 is 33.2 Å². The molecule has 39 heavy (non-hydrogen) atoms. The summed E-state index contributed by atoms with van der Waals surface area (Å²) in [7, 11) is 3.26. The summed E-state index contributed by atoms with van der Waals surface area (Å²) in [6.07, 6.45) is 2.62. The lowest BCUT2D eigenvalue weighted by Gasteiger charge is -2.32. The third-order valence-electron chi connectivity index (χ3n) is 7.14. The maximum Gasteiger partial charge on any atom is 0.320 e. The molecule has 1 aliphatic rings. The third kappa shape index (κ3) is 5.77. The van der Waals surface area contributed by atoms with Crippen LogP contribution in [0.2, 0.25) is 0 Å². The van der Waals surface area contributed by atoms with Crippen LogP contribution in [0.5, 0.6) is 17.2 Å². The minimum atomic E-state index is -0.772. The van der Waals surface area contributed by atoms with Gasteiger partial charge in [-0.3, -0.25) is 14.5 Å². The summed E-state index contributed by atoms with van der Waals surface area (Å²) < 4.78 is 17.6. The number of carbonyl (C=O) groups is 2. The Bertz CT molecular complexity index is 1460. The molecule has 8 heteroatoms. The zero-order chi connectivity index (χ0) is 27.4. The highest BCUT2D eigenvalue weighted by molar-refractivity contribution is 7.22. The normalized spacial score (nSPS) is 15.7. The quantitative estimate of drug-likeness (QED) is 0.240. The van der Waals surface area contributed by atoms with Crippen molar-refractivity contribution in [3.63, 3.8) is 0 Å². The molecule has 1 aromatic heterocycles. The molecule has 0 aliphatic carbocycles. The van der Waals surface area contributed by atoms with Gasteiger partial charge < -0.3 is 19.3 Å². The van der Waals surface area contributed by atoms with E-state index in [2.05, 4.69) is 0 Å². The van der Waals surface area contributed by atoms with Crippen LogP contribution in [0.25, 0.3) is 20.5 Å². The van der Waals surface area contributed by atoms with E-state index in [0.29, 0.717) is 36.4 Å². The average Bonchev–Trinajstić information content (AvgIpc) is 3.36. The molecule has 0 saturated carbocycles. The van der Waals surface area contributed by atoms with Crippen LogP contribution in [-0.4, -0.2) is 61.7 Å². The first-order valence-corrected chi connectivity index (χ1v) is 13.8. The van der Waals surface area contributed by atoms with Crippen molar-refractivity contribution in [3.8, 4) is 27.7 Å². The number of fused-ring (bicyclic) bond motifs is 1. The van der Waals surface area contributed by atoms with Crippen molar-refractivity contribution in [2.75, 3.05) is 33.9 Å². The van der Waals surface area contributed by atoms with E-state index in [1.807, 2.05) is 47.4 Å². The molecule has 202 valence electrons. The van der Waals surface area contributed by atoms with Crippen LogP contribution >= 0.6 is 11.3 Å². The Balaban J connectivity index is 1.36. The van der Waals surface area contributed by atoms with Crippen LogP contribution in [0.1, 0.15) is 35.2 Å². The zero-order valence-corrected chi connectivity index (χ0v) is 22.8. The number of carboxylic acid groups (broad SMARTS) is 1. The van der Waals surface area contributed by atoms with E-state index >= 15 is 0 Å². The van der Waals surface area contributed by atoms with E-state index in [-0.39, 0.29) is 5.78 Å². The second kappa shape index (κ2) is 11.9. The SMILES string of the molecule is COc1ccc(-c2sc3cc(OC)ccc3c2C(=O)c2ccc(OCCN3CCCCC3C(=O)O)cc2)cc1. The molecule has 1 fully saturated rings. The van der Waals surface area contributed by atoms with Gasteiger partial charge in [0.15, 0.2) is 5.78 Å². The number of hydrogen-bond acceptors (Lipinski definition) is 7. The van der Waals surface area contributed by atoms with E-state index in [1.54, 1.807) is 49.8 Å². The Morgan fingerprint density at radius 2 is 1.62 bits per heavy atom. The van der Waals surface area contributed by atoms with Gasteiger partial charge in [-0.15, -0.1) is 11.3 Å². The zero-order valence-electron chi connectivity index (χ0n) is 22.0. The number of hydrogen-bond donors (Lipinski definition) is 1. The van der Waals surface area contributed by atoms with Gasteiger partial charge in [0.05, 0.1) is 14.2 Å². The third-order valence-corrected chi connectivity index (χ3v) is 8.34. The second-order valence-electron chi connectivity index (χ2n) is 9.48. The molecule has 1 aliphatic heterocycles. The van der Waals surface area contributed by atoms with Gasteiger partial charge in [0.1, 0.15) is 29.9 Å². The Kier molecular flexibility index (Phi) is 8.14. The van der Waals surface area contributed by atoms with Gasteiger partial charge >= 0.3 is 5.97 Å². The number of carboxylic acids is 1. The molecule has 0 bridgehead atoms. The summed E-state index contributed by atoms with van der Waals surface area (Å²) in [6, 6.07) is 20.2. The molecular formula is C31H31NO6S. The number of methoxy groups -OCH3 is 2. The largest absolute Gasteiger partial charge is 0.497 e. The highest BCUT2D eigenvalue weighted by Crippen LogP contribution is 2.41. The highest BCUT2D eigenvalue weighted by atomic mass is 32.1. The molecule has 0 spiro atoms. The van der Waals surface area contributed by atoms with Crippen molar-refractivity contribution < 1.29 is 28.9 Å². The van der Waals surface area contributed by atoms with Crippen molar-refractivity contribution in [2.24, 2.45) is 0 Å². The maximum atomic E-state index is 13.9. The molecule has 1 atom stereocenters. The van der Waals surface area contributed by atoms with Crippen molar-refractivity contribution in [3.05, 3.63) is 77.9 Å². The number of thiophene rings is 1. The number of benzene rings is 3. The van der Waals surface area contributed by atoms with Crippen molar-refractivity contribution in [2.45, 2.75) is 25.3 Å². The Morgan fingerprint density at radius 3 is 2.31 bits per heavy atom. The Labute approximate surface area is 231 Å². The van der Waals surface area contributed by atoms with Gasteiger partial charge in [0.2, 0.25) is 0 Å². The maximum absolute atomic E-state index is 13.9. The van der Waals surface area contributed by atoms with Gasteiger partial charge in [-0.1, -0.05) is 6.42 Å². The van der Waals surface area contributed by atoms with E-state index in [9.17, 15) is 14.7 Å². The number of nitrogens with zero attached hydrogens (tertiary/aromatic N) is 1. The van der Waals surface area contributed by atoms with E-state index < -0.39 is 12.0 Å². The van der Waals surface area contributed by atoms with Crippen LogP contribution in [-0.2, 0) is 4.79 Å². The fourth-order valence-corrected chi connectivity index (χ4v) is 6.27. The molecular weight excluding hydrogens is 514 g/mol. The standard InChI is InChI=1S/C31H31NO6S/c1-36-22-10-8-21(9-11-22)30-28(25-15-14-24(37-2)19-27(25)39-30)29(33)20-6-12-23(13-7-20)38-18-17-32-16-4-3-5-26(32)31(34)35/h6-15,19,26H,3-5,16-18H2,1-2H3,(H,34,35). The predicted octanol–water partition coefficient (Wildman–Crippen LogP) is 6.13. The lowest BCUT2D eigenvalue weighted by molar-refractivity contribution is -0.144. The number of likely N-dealkylation sites (tertiary alicyclic amines) is 1. The van der Waals surface area contributed by atoms with Crippen molar-refractivity contribution in [1.82, 2.24) is 4.90 Å². The summed E-state index contributed by atoms with van der Waals surface area (Å²) in [5, 5.41) is 10.3. The number of ether oxygens (including phenoxy) is 3. The predicted molar refractivity (Wildman–Crippen MR) is 153 cm³/mol. The van der Waals surface area contributed by atoms with Crippen LogP contribution in [0, 0.1) is 0 Å². The molecule has 0 amide bonds. The average molecular weight is 546 g/mol. The van der Waals surface area contributed by atoms with Crippen LogP contribution in [0.4, 0.5) is 0 Å². The lowest BCUT2D eigenvalue weighted by Crippen LogP contribution is -2.46. The Hall–Kier alpha value is -3.88.